The molecule has 6 nitrogen and oxygen atoms in total. The number of rotatable bonds is 4. The van der Waals surface area contributed by atoms with Gasteiger partial charge in [-0.05, 0) is 55.4 Å². The number of carbonyl (C=O) groups excluding carboxylic acids is 1. The van der Waals surface area contributed by atoms with Crippen LogP contribution in [0.4, 0.5) is 11.6 Å². The number of carbonyl (C=O) groups is 1. The normalized spacial score (nSPS) is 16.2. The third kappa shape index (κ3) is 3.64. The van der Waals surface area contributed by atoms with Gasteiger partial charge >= 0.3 is 0 Å². The number of anilines is 2. The average Bonchev–Trinajstić information content (AvgIpc) is 2.98. The zero-order valence-electron chi connectivity index (χ0n) is 15.8. The minimum atomic E-state index is -0.111. The second-order valence-corrected chi connectivity index (χ2v) is 8.44. The molecule has 1 atom stereocenters. The van der Waals surface area contributed by atoms with Crippen LogP contribution in [0.1, 0.15) is 29.3 Å². The molecule has 0 spiro atoms. The highest BCUT2D eigenvalue weighted by Crippen LogP contribution is 2.40. The Kier molecular flexibility index (Phi) is 4.78. The van der Waals surface area contributed by atoms with Gasteiger partial charge in [-0.1, -0.05) is 6.92 Å². The maximum absolute atomic E-state index is 12.5. The minimum Gasteiger partial charge on any atom is -0.350 e. The van der Waals surface area contributed by atoms with E-state index in [1.165, 1.54) is 16.9 Å². The van der Waals surface area contributed by atoms with Crippen molar-refractivity contribution in [3.63, 3.8) is 0 Å². The molecule has 1 unspecified atom stereocenters. The topological polar surface area (TPSA) is 71.0 Å². The number of likely N-dealkylation sites (N-methyl/N-ethyl adjacent to an activating group) is 1. The van der Waals surface area contributed by atoms with Gasteiger partial charge in [0.15, 0.2) is 0 Å². The molecule has 0 saturated heterocycles. The second-order valence-electron chi connectivity index (χ2n) is 7.35. The molecule has 1 aliphatic rings. The van der Waals surface area contributed by atoms with Crippen molar-refractivity contribution >= 4 is 39.1 Å². The first kappa shape index (κ1) is 17.9. The Labute approximate surface area is 162 Å². The first-order chi connectivity index (χ1) is 13.0. The second kappa shape index (κ2) is 7.23. The van der Waals surface area contributed by atoms with E-state index >= 15 is 0 Å². The molecule has 0 aromatic carbocycles. The molecule has 4 rings (SSSR count). The summed E-state index contributed by atoms with van der Waals surface area (Å²) in [6.07, 6.45) is 6.65. The van der Waals surface area contributed by atoms with Crippen LogP contribution in [0, 0.1) is 12.8 Å². The van der Waals surface area contributed by atoms with Gasteiger partial charge in [0.1, 0.15) is 22.8 Å². The summed E-state index contributed by atoms with van der Waals surface area (Å²) in [5.41, 5.74) is 2.43. The van der Waals surface area contributed by atoms with Gasteiger partial charge in [0.2, 0.25) is 5.91 Å². The molecule has 1 amide bonds. The van der Waals surface area contributed by atoms with Gasteiger partial charge in [0.25, 0.3) is 0 Å². The van der Waals surface area contributed by atoms with E-state index in [0.717, 1.165) is 34.4 Å². The highest BCUT2D eigenvalue weighted by molar-refractivity contribution is 7.19. The Bertz CT molecular complexity index is 999. The monoisotopic (exact) mass is 381 g/mol. The number of hydrogen-bond acceptors (Lipinski definition) is 6. The Balaban J connectivity index is 1.57. The van der Waals surface area contributed by atoms with E-state index < -0.39 is 0 Å². The van der Waals surface area contributed by atoms with Crippen molar-refractivity contribution in [2.24, 2.45) is 5.92 Å². The lowest BCUT2D eigenvalue weighted by Crippen LogP contribution is -2.31. The van der Waals surface area contributed by atoms with Crippen molar-refractivity contribution in [1.29, 1.82) is 0 Å². The lowest BCUT2D eigenvalue weighted by Gasteiger charge is -2.21. The zero-order valence-corrected chi connectivity index (χ0v) is 16.6. The lowest BCUT2D eigenvalue weighted by atomic mass is 9.89. The summed E-state index contributed by atoms with van der Waals surface area (Å²) in [6.45, 7) is 4.49. The first-order valence-electron chi connectivity index (χ1n) is 9.20. The van der Waals surface area contributed by atoms with Gasteiger partial charge in [-0.25, -0.2) is 15.0 Å². The van der Waals surface area contributed by atoms with Crippen molar-refractivity contribution in [2.45, 2.75) is 33.1 Å². The van der Waals surface area contributed by atoms with Crippen molar-refractivity contribution in [3.05, 3.63) is 40.7 Å². The van der Waals surface area contributed by atoms with Crippen molar-refractivity contribution in [1.82, 2.24) is 15.0 Å². The summed E-state index contributed by atoms with van der Waals surface area (Å²) in [6, 6.07) is 3.76. The van der Waals surface area contributed by atoms with Gasteiger partial charge in [0.05, 0.1) is 11.9 Å². The van der Waals surface area contributed by atoms with Crippen LogP contribution in [0.15, 0.2) is 24.7 Å². The van der Waals surface area contributed by atoms with E-state index in [4.69, 9.17) is 0 Å². The quantitative estimate of drug-likeness (QED) is 0.748. The molecule has 3 aromatic heterocycles. The predicted molar refractivity (Wildman–Crippen MR) is 109 cm³/mol. The summed E-state index contributed by atoms with van der Waals surface area (Å²) in [4.78, 5) is 30.0. The number of aromatic nitrogens is 3. The molecule has 0 saturated carbocycles. The minimum absolute atomic E-state index is 0.111. The molecule has 0 fully saturated rings. The molecule has 1 N–H and O–H groups in total. The molecule has 27 heavy (non-hydrogen) atoms. The summed E-state index contributed by atoms with van der Waals surface area (Å²) in [7, 11) is 1.90. The molecule has 0 bridgehead atoms. The number of thiophene rings is 1. The number of nitrogens with one attached hydrogen (secondary N) is 1. The fourth-order valence-corrected chi connectivity index (χ4v) is 4.97. The largest absolute Gasteiger partial charge is 0.350 e. The summed E-state index contributed by atoms with van der Waals surface area (Å²) >= 11 is 1.77. The Hall–Kier alpha value is -2.54. The summed E-state index contributed by atoms with van der Waals surface area (Å²) < 4.78 is 0. The van der Waals surface area contributed by atoms with Gasteiger partial charge in [-0.3, -0.25) is 4.79 Å². The lowest BCUT2D eigenvalue weighted by molar-refractivity contribution is -0.114. The molecule has 3 aromatic rings. The third-order valence-corrected chi connectivity index (χ3v) is 6.16. The van der Waals surface area contributed by atoms with Crippen molar-refractivity contribution in [3.8, 4) is 0 Å². The molecule has 140 valence electrons. The molecule has 3 heterocycles. The Morgan fingerprint density at radius 3 is 3.04 bits per heavy atom. The van der Waals surface area contributed by atoms with Crippen LogP contribution >= 0.6 is 11.3 Å². The Morgan fingerprint density at radius 1 is 1.37 bits per heavy atom. The van der Waals surface area contributed by atoms with E-state index in [0.29, 0.717) is 11.7 Å². The number of fused-ring (bicyclic) bond motifs is 3. The fraction of sp³-hybridized carbons (Fsp3) is 0.400. The van der Waals surface area contributed by atoms with E-state index in [9.17, 15) is 4.79 Å². The summed E-state index contributed by atoms with van der Waals surface area (Å²) in [5, 5.41) is 3.98. The fourth-order valence-electron chi connectivity index (χ4n) is 3.63. The summed E-state index contributed by atoms with van der Waals surface area (Å²) in [5.74, 6) is 2.01. The molecule has 1 aliphatic carbocycles. The number of hydrogen-bond donors (Lipinski definition) is 1. The van der Waals surface area contributed by atoms with E-state index in [-0.39, 0.29) is 12.5 Å². The standard InChI is InChI=1S/C20H23N5OS/c1-12-4-5-14-15(8-12)27-20-18(14)19(22-11-23-20)25(3)10-17(26)24-16-9-13(2)6-7-21-16/h6-7,9,11-12H,4-5,8,10H2,1-3H3,(H,21,24,26). The zero-order chi connectivity index (χ0) is 19.0. The van der Waals surface area contributed by atoms with Crippen LogP contribution in [-0.4, -0.2) is 34.5 Å². The molecule has 0 radical (unpaired) electrons. The third-order valence-electron chi connectivity index (χ3n) is 5.00. The maximum atomic E-state index is 12.5. The maximum Gasteiger partial charge on any atom is 0.245 e. The number of pyridine rings is 1. The van der Waals surface area contributed by atoms with Gasteiger partial charge in [-0.2, -0.15) is 0 Å². The predicted octanol–water partition coefficient (Wildman–Crippen LogP) is 3.59. The first-order valence-corrected chi connectivity index (χ1v) is 10.0. The van der Waals surface area contributed by atoms with Crippen LogP contribution < -0.4 is 10.2 Å². The number of aryl methyl sites for hydroxylation is 2. The molecular weight excluding hydrogens is 358 g/mol. The van der Waals surface area contributed by atoms with Crippen molar-refractivity contribution in [2.75, 3.05) is 23.8 Å². The molecule has 0 aliphatic heterocycles. The highest BCUT2D eigenvalue weighted by atomic mass is 32.1. The van der Waals surface area contributed by atoms with E-state index in [1.54, 1.807) is 23.9 Å². The van der Waals surface area contributed by atoms with Crippen LogP contribution in [0.25, 0.3) is 10.2 Å². The van der Waals surface area contributed by atoms with Gasteiger partial charge in [-0.15, -0.1) is 11.3 Å². The van der Waals surface area contributed by atoms with Crippen LogP contribution in [-0.2, 0) is 17.6 Å². The Morgan fingerprint density at radius 2 is 2.22 bits per heavy atom. The molecule has 7 heteroatoms. The van der Waals surface area contributed by atoms with Crippen LogP contribution in [0.2, 0.25) is 0 Å². The number of nitrogens with zero attached hydrogens (tertiary/aromatic N) is 4. The van der Waals surface area contributed by atoms with Crippen LogP contribution in [0.5, 0.6) is 0 Å². The average molecular weight is 382 g/mol. The van der Waals surface area contributed by atoms with Crippen molar-refractivity contribution < 1.29 is 4.79 Å². The number of amides is 1. The van der Waals surface area contributed by atoms with Crippen LogP contribution in [0.3, 0.4) is 0 Å². The van der Waals surface area contributed by atoms with Gasteiger partial charge < -0.3 is 10.2 Å². The van der Waals surface area contributed by atoms with E-state index in [1.807, 2.05) is 31.0 Å². The molecular formula is C20H23N5OS. The highest BCUT2D eigenvalue weighted by Gasteiger charge is 2.24. The van der Waals surface area contributed by atoms with E-state index in [2.05, 4.69) is 27.2 Å². The van der Waals surface area contributed by atoms with Gasteiger partial charge in [0, 0.05) is 18.1 Å². The SMILES string of the molecule is Cc1ccnc(NC(=O)CN(C)c2ncnc3sc4c(c23)CCC(C)C4)c1. The smallest absolute Gasteiger partial charge is 0.245 e.